The van der Waals surface area contributed by atoms with Crippen molar-refractivity contribution < 1.29 is 5.11 Å². The van der Waals surface area contributed by atoms with Gasteiger partial charge in [-0.2, -0.15) is 0 Å². The van der Waals surface area contributed by atoms with E-state index in [1.165, 1.54) is 24.8 Å². The van der Waals surface area contributed by atoms with E-state index in [-0.39, 0.29) is 0 Å². The highest BCUT2D eigenvalue weighted by Gasteiger charge is 2.20. The van der Waals surface area contributed by atoms with E-state index in [1.807, 2.05) is 30.3 Å². The topological polar surface area (TPSA) is 33.1 Å². The van der Waals surface area contributed by atoms with Gasteiger partial charge in [0.2, 0.25) is 0 Å². The summed E-state index contributed by atoms with van der Waals surface area (Å²) in [5.41, 5.74) is 3.01. The molecule has 2 heteroatoms. The maximum Gasteiger partial charge on any atom is 0.121 e. The van der Waals surface area contributed by atoms with Gasteiger partial charge in [-0.1, -0.05) is 36.8 Å². The Morgan fingerprint density at radius 3 is 2.67 bits per heavy atom. The first-order valence-electron chi connectivity index (χ1n) is 6.53. The summed E-state index contributed by atoms with van der Waals surface area (Å²) in [5.74, 6) is 0.695. The number of nitrogens with zero attached hydrogens (tertiary/aromatic N) is 1. The van der Waals surface area contributed by atoms with Gasteiger partial charge in [0.05, 0.1) is 5.69 Å². The van der Waals surface area contributed by atoms with Crippen LogP contribution >= 0.6 is 0 Å². The lowest BCUT2D eigenvalue weighted by molar-refractivity contribution is 0.215. The van der Waals surface area contributed by atoms with E-state index in [0.29, 0.717) is 11.6 Å². The minimum absolute atomic E-state index is 0.619. The number of aliphatic hydroxyl groups excluding tert-OH is 1. The standard InChI is InChI=1S/C16H17NO/c18-16(15-9-1-2-10-17-15)14-8-4-7-13(11-14)12-5-3-6-12/h1-2,4,7-12,16,18H,3,5-6H2. The number of aliphatic hydroxyl groups is 1. The van der Waals surface area contributed by atoms with Crippen molar-refractivity contribution in [2.24, 2.45) is 0 Å². The lowest BCUT2D eigenvalue weighted by Crippen LogP contribution is -2.10. The minimum Gasteiger partial charge on any atom is -0.382 e. The van der Waals surface area contributed by atoms with Gasteiger partial charge in [-0.05, 0) is 42.0 Å². The van der Waals surface area contributed by atoms with Crippen molar-refractivity contribution >= 4 is 0 Å². The molecule has 1 aliphatic carbocycles. The molecule has 1 aliphatic rings. The zero-order chi connectivity index (χ0) is 12.4. The molecule has 1 aromatic carbocycles. The summed E-state index contributed by atoms with van der Waals surface area (Å²) in [6, 6.07) is 13.9. The van der Waals surface area contributed by atoms with Crippen molar-refractivity contribution in [1.29, 1.82) is 0 Å². The largest absolute Gasteiger partial charge is 0.382 e. The van der Waals surface area contributed by atoms with Crippen LogP contribution in [0.5, 0.6) is 0 Å². The third-order valence-electron chi connectivity index (χ3n) is 3.77. The van der Waals surface area contributed by atoms with E-state index < -0.39 is 6.10 Å². The first-order chi connectivity index (χ1) is 8.84. The van der Waals surface area contributed by atoms with Gasteiger partial charge in [-0.25, -0.2) is 0 Å². The van der Waals surface area contributed by atoms with Gasteiger partial charge in [-0.3, -0.25) is 4.98 Å². The summed E-state index contributed by atoms with van der Waals surface area (Å²) < 4.78 is 0. The van der Waals surface area contributed by atoms with Gasteiger partial charge in [0, 0.05) is 6.20 Å². The molecule has 0 amide bonds. The molecule has 1 heterocycles. The van der Waals surface area contributed by atoms with Crippen molar-refractivity contribution in [3.8, 4) is 0 Å². The van der Waals surface area contributed by atoms with Crippen molar-refractivity contribution in [3.63, 3.8) is 0 Å². The summed E-state index contributed by atoms with van der Waals surface area (Å²) in [6.45, 7) is 0. The summed E-state index contributed by atoms with van der Waals surface area (Å²) >= 11 is 0. The van der Waals surface area contributed by atoms with Crippen LogP contribution < -0.4 is 0 Å². The van der Waals surface area contributed by atoms with Crippen LogP contribution in [-0.4, -0.2) is 10.1 Å². The molecular formula is C16H17NO. The lowest BCUT2D eigenvalue weighted by atomic mass is 9.79. The monoisotopic (exact) mass is 239 g/mol. The molecule has 1 unspecified atom stereocenters. The molecule has 0 bridgehead atoms. The molecule has 1 atom stereocenters. The van der Waals surface area contributed by atoms with E-state index in [4.69, 9.17) is 0 Å². The predicted octanol–water partition coefficient (Wildman–Crippen LogP) is 3.43. The van der Waals surface area contributed by atoms with Crippen molar-refractivity contribution in [1.82, 2.24) is 4.98 Å². The normalized spacial score (nSPS) is 17.2. The number of hydrogen-bond donors (Lipinski definition) is 1. The predicted molar refractivity (Wildman–Crippen MR) is 71.3 cm³/mol. The molecule has 1 saturated carbocycles. The van der Waals surface area contributed by atoms with Crippen LogP contribution in [0.25, 0.3) is 0 Å². The second kappa shape index (κ2) is 4.91. The van der Waals surface area contributed by atoms with E-state index in [9.17, 15) is 5.11 Å². The molecule has 0 aliphatic heterocycles. The number of aromatic nitrogens is 1. The van der Waals surface area contributed by atoms with E-state index in [0.717, 1.165) is 5.56 Å². The average Bonchev–Trinajstić information content (AvgIpc) is 2.37. The Bertz CT molecular complexity index is 520. The van der Waals surface area contributed by atoms with Crippen molar-refractivity contribution in [3.05, 3.63) is 65.5 Å². The second-order valence-corrected chi connectivity index (χ2v) is 4.96. The van der Waals surface area contributed by atoms with Crippen LogP contribution in [0, 0.1) is 0 Å². The molecule has 0 saturated heterocycles. The molecule has 1 aromatic heterocycles. The quantitative estimate of drug-likeness (QED) is 0.890. The fourth-order valence-corrected chi connectivity index (χ4v) is 2.43. The third kappa shape index (κ3) is 2.16. The van der Waals surface area contributed by atoms with E-state index in [1.54, 1.807) is 6.20 Å². The third-order valence-corrected chi connectivity index (χ3v) is 3.77. The Kier molecular flexibility index (Phi) is 3.11. The fraction of sp³-hybridized carbons (Fsp3) is 0.312. The zero-order valence-electron chi connectivity index (χ0n) is 10.3. The smallest absolute Gasteiger partial charge is 0.121 e. The summed E-state index contributed by atoms with van der Waals surface area (Å²) in [6.07, 6.45) is 4.99. The first-order valence-corrected chi connectivity index (χ1v) is 6.53. The Labute approximate surface area is 107 Å². The summed E-state index contributed by atoms with van der Waals surface area (Å²) in [5, 5.41) is 10.3. The van der Waals surface area contributed by atoms with Crippen LogP contribution in [0.15, 0.2) is 48.7 Å². The Hall–Kier alpha value is -1.67. The molecule has 2 aromatic rings. The van der Waals surface area contributed by atoms with Gasteiger partial charge in [0.1, 0.15) is 6.10 Å². The summed E-state index contributed by atoms with van der Waals surface area (Å²) in [7, 11) is 0. The number of pyridine rings is 1. The van der Waals surface area contributed by atoms with Gasteiger partial charge >= 0.3 is 0 Å². The fourth-order valence-electron chi connectivity index (χ4n) is 2.43. The Morgan fingerprint density at radius 2 is 2.00 bits per heavy atom. The number of rotatable bonds is 3. The van der Waals surface area contributed by atoms with Gasteiger partial charge in [-0.15, -0.1) is 0 Å². The minimum atomic E-state index is -0.619. The SMILES string of the molecule is OC(c1cccc(C2CCC2)c1)c1ccccn1. The zero-order valence-corrected chi connectivity index (χ0v) is 10.3. The summed E-state index contributed by atoms with van der Waals surface area (Å²) in [4.78, 5) is 4.21. The van der Waals surface area contributed by atoms with Crippen LogP contribution in [0.1, 0.15) is 48.1 Å². The van der Waals surface area contributed by atoms with Crippen molar-refractivity contribution in [2.45, 2.75) is 31.3 Å². The van der Waals surface area contributed by atoms with E-state index in [2.05, 4.69) is 17.1 Å². The highest BCUT2D eigenvalue weighted by molar-refractivity contribution is 5.32. The highest BCUT2D eigenvalue weighted by Crippen LogP contribution is 2.37. The molecule has 3 rings (SSSR count). The maximum atomic E-state index is 10.3. The Balaban J connectivity index is 1.87. The maximum absolute atomic E-state index is 10.3. The number of hydrogen-bond acceptors (Lipinski definition) is 2. The molecule has 2 nitrogen and oxygen atoms in total. The second-order valence-electron chi connectivity index (χ2n) is 4.96. The van der Waals surface area contributed by atoms with Crippen LogP contribution in [0.3, 0.4) is 0 Å². The average molecular weight is 239 g/mol. The first kappa shape index (κ1) is 11.4. The highest BCUT2D eigenvalue weighted by atomic mass is 16.3. The molecular weight excluding hydrogens is 222 g/mol. The van der Waals surface area contributed by atoms with Gasteiger partial charge < -0.3 is 5.11 Å². The van der Waals surface area contributed by atoms with Crippen LogP contribution in [0.4, 0.5) is 0 Å². The molecule has 92 valence electrons. The molecule has 1 N–H and O–H groups in total. The molecule has 0 radical (unpaired) electrons. The molecule has 1 fully saturated rings. The molecule has 0 spiro atoms. The van der Waals surface area contributed by atoms with Gasteiger partial charge in [0.15, 0.2) is 0 Å². The van der Waals surface area contributed by atoms with Crippen LogP contribution in [0.2, 0.25) is 0 Å². The lowest BCUT2D eigenvalue weighted by Gasteiger charge is -2.26. The van der Waals surface area contributed by atoms with E-state index >= 15 is 0 Å². The number of benzene rings is 1. The Morgan fingerprint density at radius 1 is 1.11 bits per heavy atom. The van der Waals surface area contributed by atoms with Crippen molar-refractivity contribution in [2.75, 3.05) is 0 Å². The molecule has 18 heavy (non-hydrogen) atoms. The van der Waals surface area contributed by atoms with Gasteiger partial charge in [0.25, 0.3) is 0 Å². The van der Waals surface area contributed by atoms with Crippen LogP contribution in [-0.2, 0) is 0 Å².